The molecular weight excluding hydrogens is 325 g/mol. The van der Waals surface area contributed by atoms with Crippen molar-refractivity contribution in [2.24, 2.45) is 0 Å². The van der Waals surface area contributed by atoms with Gasteiger partial charge in [0.1, 0.15) is 0 Å². The third-order valence-electron chi connectivity index (χ3n) is 4.14. The number of carbonyl (C=O) groups excluding carboxylic acids is 1. The van der Waals surface area contributed by atoms with Gasteiger partial charge in [-0.25, -0.2) is 0 Å². The zero-order valence-corrected chi connectivity index (χ0v) is 15.4. The van der Waals surface area contributed by atoms with Gasteiger partial charge in [-0.3, -0.25) is 4.79 Å². The molecule has 0 bridgehead atoms. The predicted molar refractivity (Wildman–Crippen MR) is 96.1 cm³/mol. The summed E-state index contributed by atoms with van der Waals surface area (Å²) in [5.74, 6) is 0.255. The van der Waals surface area contributed by atoms with Gasteiger partial charge in [0.05, 0.1) is 5.56 Å². The van der Waals surface area contributed by atoms with Crippen molar-refractivity contribution in [1.29, 1.82) is 0 Å². The summed E-state index contributed by atoms with van der Waals surface area (Å²) in [6.07, 6.45) is -2.65. The van der Waals surface area contributed by atoms with Crippen molar-refractivity contribution >= 4 is 5.78 Å². The van der Waals surface area contributed by atoms with Crippen molar-refractivity contribution in [3.05, 3.63) is 69.8 Å². The first-order chi connectivity index (χ1) is 11.6. The smallest absolute Gasteiger partial charge is 0.294 e. The second-order valence-corrected chi connectivity index (χ2v) is 6.27. The maximum absolute atomic E-state index is 12.1. The monoisotopic (exact) mass is 350 g/mol. The van der Waals surface area contributed by atoms with Crippen LogP contribution in [0.15, 0.2) is 36.4 Å². The number of benzene rings is 2. The Morgan fingerprint density at radius 1 is 0.840 bits per heavy atom. The first-order valence-corrected chi connectivity index (χ1v) is 8.31. The number of carbonyl (C=O) groups is 1. The lowest BCUT2D eigenvalue weighted by atomic mass is 10.0. The average molecular weight is 350 g/mol. The van der Waals surface area contributed by atoms with Crippen LogP contribution in [-0.4, -0.2) is 5.78 Å². The molecule has 0 radical (unpaired) electrons. The quantitative estimate of drug-likeness (QED) is 0.569. The zero-order chi connectivity index (χ0) is 19.2. The Kier molecular flexibility index (Phi) is 7.40. The Hall–Kier alpha value is -2.10. The average Bonchev–Trinajstić information content (AvgIpc) is 2.52. The summed E-state index contributed by atoms with van der Waals surface area (Å²) >= 11 is 0. The standard InChI is InChI=1S/C12H16O.C9H9F3/c1-4-5-12(13)11-7-6-9(2)10(3)8-11;1-6-3-4-8(5-7(6)2)9(10,11)12/h6-8H,4-5H2,1-3H3;3-5H,1-2H3. The summed E-state index contributed by atoms with van der Waals surface area (Å²) in [4.78, 5) is 11.5. The molecule has 0 aromatic heterocycles. The van der Waals surface area contributed by atoms with E-state index >= 15 is 0 Å². The molecular formula is C21H25F3O. The fourth-order valence-corrected chi connectivity index (χ4v) is 2.20. The van der Waals surface area contributed by atoms with Crippen LogP contribution in [0.4, 0.5) is 13.2 Å². The van der Waals surface area contributed by atoms with Crippen LogP contribution in [-0.2, 0) is 6.18 Å². The first kappa shape index (κ1) is 20.9. The lowest BCUT2D eigenvalue weighted by Crippen LogP contribution is -2.05. The van der Waals surface area contributed by atoms with Crippen LogP contribution in [0.25, 0.3) is 0 Å². The van der Waals surface area contributed by atoms with Gasteiger partial charge in [0.25, 0.3) is 0 Å². The van der Waals surface area contributed by atoms with Gasteiger partial charge in [-0.05, 0) is 74.6 Å². The van der Waals surface area contributed by atoms with Crippen molar-refractivity contribution in [3.8, 4) is 0 Å². The van der Waals surface area contributed by atoms with E-state index in [1.54, 1.807) is 13.8 Å². The van der Waals surface area contributed by atoms with E-state index in [0.29, 0.717) is 12.0 Å². The van der Waals surface area contributed by atoms with Crippen molar-refractivity contribution in [2.45, 2.75) is 53.6 Å². The highest BCUT2D eigenvalue weighted by Crippen LogP contribution is 2.30. The lowest BCUT2D eigenvalue weighted by molar-refractivity contribution is -0.137. The number of Topliss-reactive ketones (excluding diaryl/α,β-unsaturated/α-hetero) is 1. The molecule has 2 aromatic rings. The second kappa shape index (κ2) is 8.84. The molecule has 0 saturated carbocycles. The van der Waals surface area contributed by atoms with Gasteiger partial charge in [-0.2, -0.15) is 13.2 Å². The molecule has 136 valence electrons. The van der Waals surface area contributed by atoms with Crippen molar-refractivity contribution in [3.63, 3.8) is 0 Å². The Morgan fingerprint density at radius 2 is 1.36 bits per heavy atom. The highest BCUT2D eigenvalue weighted by Gasteiger charge is 2.30. The van der Waals surface area contributed by atoms with E-state index in [0.717, 1.165) is 29.7 Å². The molecule has 2 aromatic carbocycles. The van der Waals surface area contributed by atoms with Crippen LogP contribution in [0, 0.1) is 27.7 Å². The predicted octanol–water partition coefficient (Wildman–Crippen LogP) is 6.61. The minimum absolute atomic E-state index is 0.255. The molecule has 0 aliphatic heterocycles. The van der Waals surface area contributed by atoms with E-state index in [1.165, 1.54) is 17.2 Å². The summed E-state index contributed by atoms with van der Waals surface area (Å²) < 4.78 is 36.3. The number of alkyl halides is 3. The van der Waals surface area contributed by atoms with Crippen molar-refractivity contribution in [2.75, 3.05) is 0 Å². The van der Waals surface area contributed by atoms with Crippen molar-refractivity contribution in [1.82, 2.24) is 0 Å². The van der Waals surface area contributed by atoms with E-state index in [4.69, 9.17) is 0 Å². The summed E-state index contributed by atoms with van der Waals surface area (Å²) in [6, 6.07) is 9.65. The molecule has 0 fully saturated rings. The van der Waals surface area contributed by atoms with Crippen molar-refractivity contribution < 1.29 is 18.0 Å². The molecule has 2 rings (SSSR count). The van der Waals surface area contributed by atoms with E-state index < -0.39 is 11.7 Å². The van der Waals surface area contributed by atoms with Crippen LogP contribution in [0.2, 0.25) is 0 Å². The number of rotatable bonds is 3. The van der Waals surface area contributed by atoms with Crippen LogP contribution >= 0.6 is 0 Å². The summed E-state index contributed by atoms with van der Waals surface area (Å²) in [5.41, 5.74) is 4.26. The summed E-state index contributed by atoms with van der Waals surface area (Å²) in [7, 11) is 0. The highest BCUT2D eigenvalue weighted by atomic mass is 19.4. The Balaban J connectivity index is 0.000000251. The van der Waals surface area contributed by atoms with E-state index in [2.05, 4.69) is 6.92 Å². The topological polar surface area (TPSA) is 17.1 Å². The number of hydrogen-bond acceptors (Lipinski definition) is 1. The van der Waals surface area contributed by atoms with Gasteiger partial charge >= 0.3 is 6.18 Å². The molecule has 0 amide bonds. The third kappa shape index (κ3) is 6.37. The van der Waals surface area contributed by atoms with E-state index in [-0.39, 0.29) is 5.78 Å². The normalized spacial score (nSPS) is 10.9. The largest absolute Gasteiger partial charge is 0.416 e. The molecule has 0 unspecified atom stereocenters. The van der Waals surface area contributed by atoms with Crippen LogP contribution < -0.4 is 0 Å². The van der Waals surface area contributed by atoms with E-state index in [9.17, 15) is 18.0 Å². The maximum atomic E-state index is 12.1. The Morgan fingerprint density at radius 3 is 1.80 bits per heavy atom. The summed E-state index contributed by atoms with van der Waals surface area (Å²) in [5, 5.41) is 0. The number of ketones is 1. The van der Waals surface area contributed by atoms with Crippen LogP contribution in [0.5, 0.6) is 0 Å². The fourth-order valence-electron chi connectivity index (χ4n) is 2.20. The number of aryl methyl sites for hydroxylation is 4. The molecule has 0 N–H and O–H groups in total. The molecule has 25 heavy (non-hydrogen) atoms. The highest BCUT2D eigenvalue weighted by molar-refractivity contribution is 5.96. The summed E-state index contributed by atoms with van der Waals surface area (Å²) in [6.45, 7) is 9.58. The van der Waals surface area contributed by atoms with Gasteiger partial charge < -0.3 is 0 Å². The fraction of sp³-hybridized carbons (Fsp3) is 0.381. The minimum atomic E-state index is -4.22. The van der Waals surface area contributed by atoms with Gasteiger partial charge in [-0.15, -0.1) is 0 Å². The number of halogens is 3. The third-order valence-corrected chi connectivity index (χ3v) is 4.14. The molecule has 0 saturated heterocycles. The minimum Gasteiger partial charge on any atom is -0.294 e. The maximum Gasteiger partial charge on any atom is 0.416 e. The number of hydrogen-bond donors (Lipinski definition) is 0. The Bertz CT molecular complexity index is 730. The molecule has 0 aliphatic carbocycles. The molecule has 4 heteroatoms. The van der Waals surface area contributed by atoms with Crippen LogP contribution in [0.1, 0.15) is 57.9 Å². The van der Waals surface area contributed by atoms with E-state index in [1.807, 2.05) is 32.0 Å². The van der Waals surface area contributed by atoms with Crippen LogP contribution in [0.3, 0.4) is 0 Å². The molecule has 1 nitrogen and oxygen atoms in total. The molecule has 0 atom stereocenters. The SMILES string of the molecule is CCCC(=O)c1ccc(C)c(C)c1.Cc1ccc(C(F)(F)F)cc1C. The first-order valence-electron chi connectivity index (χ1n) is 8.31. The Labute approximate surface area is 147 Å². The molecule has 0 aliphatic rings. The van der Waals surface area contributed by atoms with Gasteiger partial charge in [0.2, 0.25) is 0 Å². The van der Waals surface area contributed by atoms with Gasteiger partial charge in [0, 0.05) is 12.0 Å². The zero-order valence-electron chi connectivity index (χ0n) is 15.4. The molecule has 0 spiro atoms. The molecule has 0 heterocycles. The van der Waals surface area contributed by atoms with Gasteiger partial charge in [0.15, 0.2) is 5.78 Å². The lowest BCUT2D eigenvalue weighted by Gasteiger charge is -2.08. The van der Waals surface area contributed by atoms with Gasteiger partial charge in [-0.1, -0.05) is 25.1 Å². The second-order valence-electron chi connectivity index (χ2n) is 6.27.